The van der Waals surface area contributed by atoms with Gasteiger partial charge in [-0.25, -0.2) is 0 Å². The minimum absolute atomic E-state index is 0.546. The van der Waals surface area contributed by atoms with Crippen LogP contribution in [0.15, 0.2) is 21.4 Å². The van der Waals surface area contributed by atoms with Gasteiger partial charge >= 0.3 is 0 Å². The van der Waals surface area contributed by atoms with Gasteiger partial charge in [0.2, 0.25) is 0 Å². The number of nitrogens with one attached hydrogen (secondary N) is 1. The molecule has 0 radical (unpaired) electrons. The first kappa shape index (κ1) is 11.6. The highest BCUT2D eigenvalue weighted by Crippen LogP contribution is 2.05. The van der Waals surface area contributed by atoms with Crippen molar-refractivity contribution in [2.45, 2.75) is 20.3 Å². The van der Waals surface area contributed by atoms with Crippen molar-refractivity contribution in [2.24, 2.45) is 10.1 Å². The predicted molar refractivity (Wildman–Crippen MR) is 55.8 cm³/mol. The molecule has 0 spiro atoms. The number of rotatable bonds is 6. The summed E-state index contributed by atoms with van der Waals surface area (Å²) in [5.74, 6) is 0. The van der Waals surface area contributed by atoms with Crippen LogP contribution in [0, 0.1) is 5.41 Å². The average Bonchev–Trinajstić information content (AvgIpc) is 2.17. The second-order valence-corrected chi connectivity index (χ2v) is 2.34. The third-order valence-electron chi connectivity index (χ3n) is 1.43. The molecule has 4 nitrogen and oxygen atoms in total. The van der Waals surface area contributed by atoms with Gasteiger partial charge in [-0.05, 0) is 26.1 Å². The summed E-state index contributed by atoms with van der Waals surface area (Å²) >= 11 is 0. The Hall–Kier alpha value is -1.45. The zero-order valence-electron chi connectivity index (χ0n) is 8.08. The highest BCUT2D eigenvalue weighted by Gasteiger charge is 1.95. The van der Waals surface area contributed by atoms with Crippen LogP contribution in [0.3, 0.4) is 0 Å². The van der Waals surface area contributed by atoms with Crippen molar-refractivity contribution in [1.29, 1.82) is 5.41 Å². The van der Waals surface area contributed by atoms with Crippen LogP contribution in [0.2, 0.25) is 0 Å². The first-order valence-electron chi connectivity index (χ1n) is 4.07. The lowest BCUT2D eigenvalue weighted by molar-refractivity contribution is 0.160. The van der Waals surface area contributed by atoms with Gasteiger partial charge in [-0.15, -0.1) is 0 Å². The zero-order chi connectivity index (χ0) is 10.1. The maximum Gasteiger partial charge on any atom is 0.114 e. The second kappa shape index (κ2) is 7.21. The molecule has 13 heavy (non-hydrogen) atoms. The van der Waals surface area contributed by atoms with Gasteiger partial charge in [0.1, 0.15) is 6.61 Å². The van der Waals surface area contributed by atoms with Gasteiger partial charge in [0.15, 0.2) is 0 Å². The lowest BCUT2D eigenvalue weighted by atomic mass is 10.2. The van der Waals surface area contributed by atoms with E-state index in [0.717, 1.165) is 11.3 Å². The van der Waals surface area contributed by atoms with E-state index in [9.17, 15) is 0 Å². The Morgan fingerprint density at radius 3 is 2.77 bits per heavy atom. The Labute approximate surface area is 78.5 Å². The molecule has 0 aromatic carbocycles. The van der Waals surface area contributed by atoms with Gasteiger partial charge in [-0.3, -0.25) is 4.99 Å². The fourth-order valence-electron chi connectivity index (χ4n) is 0.685. The maximum absolute atomic E-state index is 7.01. The van der Waals surface area contributed by atoms with Crippen molar-refractivity contribution in [1.82, 2.24) is 0 Å². The summed E-state index contributed by atoms with van der Waals surface area (Å²) in [6, 6.07) is 0. The van der Waals surface area contributed by atoms with Crippen LogP contribution in [-0.4, -0.2) is 25.8 Å². The SMILES string of the molecule is C=N/C(C/C=N\OCC)=C(/C)C=N. The van der Waals surface area contributed by atoms with Crippen LogP contribution in [0.5, 0.6) is 0 Å². The molecule has 0 saturated heterocycles. The van der Waals surface area contributed by atoms with Crippen molar-refractivity contribution >= 4 is 19.1 Å². The zero-order valence-corrected chi connectivity index (χ0v) is 8.08. The average molecular weight is 181 g/mol. The highest BCUT2D eigenvalue weighted by atomic mass is 16.6. The third kappa shape index (κ3) is 4.90. The summed E-state index contributed by atoms with van der Waals surface area (Å²) in [5, 5.41) is 10.7. The molecule has 4 heteroatoms. The molecule has 0 aromatic rings. The molecule has 0 aromatic heterocycles. The Morgan fingerprint density at radius 1 is 1.62 bits per heavy atom. The van der Waals surface area contributed by atoms with Gasteiger partial charge in [0, 0.05) is 24.5 Å². The summed E-state index contributed by atoms with van der Waals surface area (Å²) in [6.45, 7) is 7.65. The fraction of sp³-hybridized carbons (Fsp3) is 0.444. The van der Waals surface area contributed by atoms with E-state index >= 15 is 0 Å². The van der Waals surface area contributed by atoms with E-state index in [1.54, 1.807) is 6.21 Å². The number of oxime groups is 1. The van der Waals surface area contributed by atoms with E-state index in [0.29, 0.717) is 13.0 Å². The Kier molecular flexibility index (Phi) is 6.41. The summed E-state index contributed by atoms with van der Waals surface area (Å²) in [4.78, 5) is 8.56. The van der Waals surface area contributed by atoms with E-state index in [2.05, 4.69) is 16.9 Å². The molecule has 0 aliphatic carbocycles. The normalized spacial score (nSPS) is 12.5. The lowest BCUT2D eigenvalue weighted by Crippen LogP contribution is -1.89. The largest absolute Gasteiger partial charge is 0.396 e. The minimum Gasteiger partial charge on any atom is -0.396 e. The van der Waals surface area contributed by atoms with Crippen LogP contribution in [-0.2, 0) is 4.84 Å². The first-order chi connectivity index (χ1) is 6.26. The molecular weight excluding hydrogens is 166 g/mol. The fourth-order valence-corrected chi connectivity index (χ4v) is 0.685. The number of aliphatic imine (C=N–C) groups is 1. The van der Waals surface area contributed by atoms with Crippen molar-refractivity contribution in [3.63, 3.8) is 0 Å². The Bertz CT molecular complexity index is 231. The van der Waals surface area contributed by atoms with Gasteiger partial charge in [-0.1, -0.05) is 5.16 Å². The summed E-state index contributed by atoms with van der Waals surface area (Å²) in [5.41, 5.74) is 1.54. The highest BCUT2D eigenvalue weighted by molar-refractivity contribution is 5.78. The summed E-state index contributed by atoms with van der Waals surface area (Å²) in [7, 11) is 0. The molecule has 0 aliphatic rings. The van der Waals surface area contributed by atoms with Gasteiger partial charge < -0.3 is 10.2 Å². The van der Waals surface area contributed by atoms with Crippen molar-refractivity contribution in [3.05, 3.63) is 11.3 Å². The Balaban J connectivity index is 4.14. The van der Waals surface area contributed by atoms with Crippen molar-refractivity contribution < 1.29 is 4.84 Å². The van der Waals surface area contributed by atoms with E-state index in [1.807, 2.05) is 13.8 Å². The molecule has 0 heterocycles. The number of hydrogen-bond acceptors (Lipinski definition) is 4. The molecule has 0 fully saturated rings. The molecule has 72 valence electrons. The molecular formula is C9H15N3O. The van der Waals surface area contributed by atoms with Gasteiger partial charge in [0.05, 0.1) is 0 Å². The second-order valence-electron chi connectivity index (χ2n) is 2.34. The molecule has 1 N–H and O–H groups in total. The van der Waals surface area contributed by atoms with Crippen LogP contribution >= 0.6 is 0 Å². The maximum atomic E-state index is 7.01. The molecule has 0 amide bonds. The summed E-state index contributed by atoms with van der Waals surface area (Å²) < 4.78 is 0. The lowest BCUT2D eigenvalue weighted by Gasteiger charge is -1.98. The van der Waals surface area contributed by atoms with Gasteiger partial charge in [0.25, 0.3) is 0 Å². The molecule has 0 bridgehead atoms. The summed E-state index contributed by atoms with van der Waals surface area (Å²) in [6.07, 6.45) is 3.41. The first-order valence-corrected chi connectivity index (χ1v) is 4.07. The molecule has 0 rings (SSSR count). The minimum atomic E-state index is 0.546. The van der Waals surface area contributed by atoms with Crippen LogP contribution in [0.4, 0.5) is 0 Å². The molecule has 0 unspecified atom stereocenters. The Morgan fingerprint density at radius 2 is 2.31 bits per heavy atom. The quantitative estimate of drug-likeness (QED) is 0.494. The van der Waals surface area contributed by atoms with Gasteiger partial charge in [-0.2, -0.15) is 0 Å². The van der Waals surface area contributed by atoms with Crippen LogP contribution in [0.1, 0.15) is 20.3 Å². The smallest absolute Gasteiger partial charge is 0.114 e. The van der Waals surface area contributed by atoms with E-state index in [-0.39, 0.29) is 0 Å². The van der Waals surface area contributed by atoms with E-state index in [4.69, 9.17) is 10.2 Å². The standard InChI is InChI=1S/C9H15N3O/c1-4-13-12-6-5-9(11-3)8(2)7-10/h6-7,10H,3-5H2,1-2H3/b9-8-,10-7?,12-6-. The number of allylic oxidation sites excluding steroid dienone is 2. The molecule has 0 aliphatic heterocycles. The molecule has 0 atom stereocenters. The van der Waals surface area contributed by atoms with E-state index < -0.39 is 0 Å². The van der Waals surface area contributed by atoms with Crippen LogP contribution < -0.4 is 0 Å². The van der Waals surface area contributed by atoms with Crippen LogP contribution in [0.25, 0.3) is 0 Å². The predicted octanol–water partition coefficient (Wildman–Crippen LogP) is 2.02. The molecule has 0 saturated carbocycles. The number of nitrogens with zero attached hydrogens (tertiary/aromatic N) is 2. The topological polar surface area (TPSA) is 57.8 Å². The van der Waals surface area contributed by atoms with Crippen molar-refractivity contribution in [3.8, 4) is 0 Å². The van der Waals surface area contributed by atoms with Crippen molar-refractivity contribution in [2.75, 3.05) is 6.61 Å². The number of hydrogen-bond donors (Lipinski definition) is 1. The monoisotopic (exact) mass is 181 g/mol. The van der Waals surface area contributed by atoms with E-state index in [1.165, 1.54) is 6.21 Å². The third-order valence-corrected chi connectivity index (χ3v) is 1.43.